The molecule has 1 saturated carbocycles. The Morgan fingerprint density at radius 2 is 2.00 bits per heavy atom. The molecule has 0 aromatic carbocycles. The van der Waals surface area contributed by atoms with Crippen LogP contribution in [0.15, 0.2) is 17.1 Å². The van der Waals surface area contributed by atoms with E-state index in [9.17, 15) is 0 Å². The van der Waals surface area contributed by atoms with Crippen LogP contribution in [0.5, 0.6) is 0 Å². The highest BCUT2D eigenvalue weighted by Crippen LogP contribution is 2.39. The van der Waals surface area contributed by atoms with E-state index in [4.69, 9.17) is 0 Å². The molecular weight excluding hydrogens is 230 g/mol. The predicted octanol–water partition coefficient (Wildman–Crippen LogP) is 5.66. The van der Waals surface area contributed by atoms with Crippen molar-refractivity contribution in [1.82, 2.24) is 0 Å². The summed E-state index contributed by atoms with van der Waals surface area (Å²) < 4.78 is 0. The average Bonchev–Trinajstić information content (AvgIpc) is 2.96. The lowest BCUT2D eigenvalue weighted by Gasteiger charge is -2.10. The lowest BCUT2D eigenvalue weighted by molar-refractivity contribution is 0.433. The Balaban J connectivity index is 2.01. The Morgan fingerprint density at radius 1 is 1.26 bits per heavy atom. The Kier molecular flexibility index (Phi) is 7.41. The smallest absolute Gasteiger partial charge is 0.0360 e. The highest BCUT2D eigenvalue weighted by Gasteiger charge is 2.41. The van der Waals surface area contributed by atoms with E-state index >= 15 is 0 Å². The Hall–Kier alpha value is -0.590. The van der Waals surface area contributed by atoms with Crippen LogP contribution in [0.4, 0.5) is 0 Å². The summed E-state index contributed by atoms with van der Waals surface area (Å²) in [6, 6.07) is 0. The Morgan fingerprint density at radius 3 is 2.63 bits per heavy atom. The largest absolute Gasteiger partial charge is 0.294 e. The quantitative estimate of drug-likeness (QED) is 0.356. The standard InChI is InChI=1S/C18H33N/c1-6-19-18-16(5)17(18)13-12-15(4)11-9-7-8-10-14(2)3/h15-17H,2,6-13H2,1,3-5H3. The molecule has 110 valence electrons. The highest BCUT2D eigenvalue weighted by atomic mass is 14.8. The van der Waals surface area contributed by atoms with Crippen molar-refractivity contribution >= 4 is 5.71 Å². The van der Waals surface area contributed by atoms with Crippen LogP contribution in [-0.2, 0) is 0 Å². The SMILES string of the molecule is C=C(C)CCCCCC(C)CCC1C(=NCC)C1C. The van der Waals surface area contributed by atoms with E-state index in [2.05, 4.69) is 39.3 Å². The van der Waals surface area contributed by atoms with Gasteiger partial charge in [0.15, 0.2) is 0 Å². The summed E-state index contributed by atoms with van der Waals surface area (Å²) in [6.07, 6.45) is 9.46. The third-order valence-corrected chi connectivity index (χ3v) is 4.45. The summed E-state index contributed by atoms with van der Waals surface area (Å²) in [4.78, 5) is 4.59. The van der Waals surface area contributed by atoms with Gasteiger partial charge in [-0.05, 0) is 39.0 Å². The molecule has 0 heterocycles. The molecule has 1 rings (SSSR count). The molecule has 1 aliphatic rings. The molecule has 0 aromatic heterocycles. The number of unbranched alkanes of at least 4 members (excludes halogenated alkanes) is 2. The van der Waals surface area contributed by atoms with Crippen LogP contribution >= 0.6 is 0 Å². The zero-order valence-electron chi connectivity index (χ0n) is 13.5. The molecular formula is C18H33N. The predicted molar refractivity (Wildman–Crippen MR) is 86.9 cm³/mol. The monoisotopic (exact) mass is 263 g/mol. The fourth-order valence-electron chi connectivity index (χ4n) is 2.99. The highest BCUT2D eigenvalue weighted by molar-refractivity contribution is 6.03. The first-order chi connectivity index (χ1) is 9.06. The number of nitrogens with zero attached hydrogens (tertiary/aromatic N) is 1. The molecule has 0 bridgehead atoms. The molecule has 1 fully saturated rings. The molecule has 0 saturated heterocycles. The van der Waals surface area contributed by atoms with Crippen molar-refractivity contribution in [2.45, 2.75) is 72.6 Å². The maximum absolute atomic E-state index is 4.59. The summed E-state index contributed by atoms with van der Waals surface area (Å²) in [5, 5.41) is 0. The molecule has 1 aliphatic carbocycles. The second kappa shape index (κ2) is 8.55. The van der Waals surface area contributed by atoms with Gasteiger partial charge in [0, 0.05) is 24.1 Å². The van der Waals surface area contributed by atoms with Crippen molar-refractivity contribution in [3.63, 3.8) is 0 Å². The van der Waals surface area contributed by atoms with Gasteiger partial charge in [-0.3, -0.25) is 4.99 Å². The van der Waals surface area contributed by atoms with Crippen molar-refractivity contribution in [2.24, 2.45) is 22.7 Å². The molecule has 0 aliphatic heterocycles. The van der Waals surface area contributed by atoms with Gasteiger partial charge in [-0.15, -0.1) is 6.58 Å². The van der Waals surface area contributed by atoms with E-state index < -0.39 is 0 Å². The maximum atomic E-state index is 4.59. The summed E-state index contributed by atoms with van der Waals surface area (Å²) in [6.45, 7) is 14.0. The van der Waals surface area contributed by atoms with Gasteiger partial charge < -0.3 is 0 Å². The fraction of sp³-hybridized carbons (Fsp3) is 0.833. The van der Waals surface area contributed by atoms with Gasteiger partial charge in [0.25, 0.3) is 0 Å². The summed E-state index contributed by atoms with van der Waals surface area (Å²) >= 11 is 0. The van der Waals surface area contributed by atoms with Crippen molar-refractivity contribution in [2.75, 3.05) is 6.54 Å². The van der Waals surface area contributed by atoms with Crippen molar-refractivity contribution < 1.29 is 0 Å². The van der Waals surface area contributed by atoms with Crippen molar-refractivity contribution in [3.8, 4) is 0 Å². The molecule has 19 heavy (non-hydrogen) atoms. The molecule has 0 spiro atoms. The van der Waals surface area contributed by atoms with E-state index in [1.165, 1.54) is 56.2 Å². The molecule has 3 atom stereocenters. The van der Waals surface area contributed by atoms with Crippen LogP contribution in [0.25, 0.3) is 0 Å². The van der Waals surface area contributed by atoms with Crippen molar-refractivity contribution in [1.29, 1.82) is 0 Å². The third kappa shape index (κ3) is 6.40. The van der Waals surface area contributed by atoms with Gasteiger partial charge in [-0.2, -0.15) is 0 Å². The minimum Gasteiger partial charge on any atom is -0.294 e. The molecule has 3 unspecified atom stereocenters. The number of hydrogen-bond donors (Lipinski definition) is 0. The molecule has 0 amide bonds. The van der Waals surface area contributed by atoms with Gasteiger partial charge in [0.1, 0.15) is 0 Å². The molecule has 1 nitrogen and oxygen atoms in total. The molecule has 1 heteroatoms. The normalized spacial score (nSPS) is 25.6. The molecule has 0 radical (unpaired) electrons. The van der Waals surface area contributed by atoms with Crippen LogP contribution in [0.3, 0.4) is 0 Å². The van der Waals surface area contributed by atoms with Gasteiger partial charge >= 0.3 is 0 Å². The zero-order chi connectivity index (χ0) is 14.3. The molecule has 0 aromatic rings. The van der Waals surface area contributed by atoms with Gasteiger partial charge in [0.05, 0.1) is 0 Å². The van der Waals surface area contributed by atoms with E-state index in [0.717, 1.165) is 24.3 Å². The van der Waals surface area contributed by atoms with Crippen LogP contribution in [0, 0.1) is 17.8 Å². The first kappa shape index (κ1) is 16.5. The van der Waals surface area contributed by atoms with Crippen LogP contribution in [-0.4, -0.2) is 12.3 Å². The third-order valence-electron chi connectivity index (χ3n) is 4.45. The average molecular weight is 263 g/mol. The molecule has 0 N–H and O–H groups in total. The van der Waals surface area contributed by atoms with Gasteiger partial charge in [-0.1, -0.05) is 45.1 Å². The first-order valence-corrected chi connectivity index (χ1v) is 8.24. The lowest BCUT2D eigenvalue weighted by atomic mass is 9.96. The van der Waals surface area contributed by atoms with E-state index in [0.29, 0.717) is 0 Å². The summed E-state index contributed by atoms with van der Waals surface area (Å²) in [5.41, 5.74) is 2.83. The number of hydrogen-bond acceptors (Lipinski definition) is 1. The number of aliphatic imine (C=N–C) groups is 1. The lowest BCUT2D eigenvalue weighted by Crippen LogP contribution is -1.96. The minimum absolute atomic E-state index is 0.780. The van der Waals surface area contributed by atoms with E-state index in [1.54, 1.807) is 0 Å². The van der Waals surface area contributed by atoms with Crippen LogP contribution < -0.4 is 0 Å². The Bertz CT molecular complexity index is 303. The number of allylic oxidation sites excluding steroid dienone is 1. The zero-order valence-corrected chi connectivity index (χ0v) is 13.5. The second-order valence-corrected chi connectivity index (χ2v) is 6.53. The van der Waals surface area contributed by atoms with Crippen LogP contribution in [0.2, 0.25) is 0 Å². The van der Waals surface area contributed by atoms with Crippen LogP contribution in [0.1, 0.15) is 72.6 Å². The fourth-order valence-corrected chi connectivity index (χ4v) is 2.99. The minimum atomic E-state index is 0.780. The van der Waals surface area contributed by atoms with Gasteiger partial charge in [-0.25, -0.2) is 0 Å². The van der Waals surface area contributed by atoms with E-state index in [1.807, 2.05) is 0 Å². The Labute approximate surface area is 120 Å². The topological polar surface area (TPSA) is 12.4 Å². The number of rotatable bonds is 10. The second-order valence-electron chi connectivity index (χ2n) is 6.53. The maximum Gasteiger partial charge on any atom is 0.0360 e. The van der Waals surface area contributed by atoms with E-state index in [-0.39, 0.29) is 0 Å². The summed E-state index contributed by atoms with van der Waals surface area (Å²) in [7, 11) is 0. The first-order valence-electron chi connectivity index (χ1n) is 8.24. The summed E-state index contributed by atoms with van der Waals surface area (Å²) in [5.74, 6) is 2.49. The van der Waals surface area contributed by atoms with Crippen molar-refractivity contribution in [3.05, 3.63) is 12.2 Å². The van der Waals surface area contributed by atoms with Gasteiger partial charge in [0.2, 0.25) is 0 Å².